The van der Waals surface area contributed by atoms with E-state index < -0.39 is 0 Å². The van der Waals surface area contributed by atoms with E-state index in [1.165, 1.54) is 0 Å². The predicted octanol–water partition coefficient (Wildman–Crippen LogP) is 0.852. The standard InChI is InChI=1S/C12H25N3O2/c1-9-4-6-15(10(9)8-16)7-5-12(2,3)11(13)14-17/h9-10,16-17H,4-8H2,1-3H3,(H2,13,14). The van der Waals surface area contributed by atoms with Crippen molar-refractivity contribution in [3.8, 4) is 0 Å². The van der Waals surface area contributed by atoms with Crippen LogP contribution in [0.15, 0.2) is 5.16 Å². The molecule has 2 atom stereocenters. The van der Waals surface area contributed by atoms with E-state index in [-0.39, 0.29) is 23.9 Å². The topological polar surface area (TPSA) is 82.1 Å². The molecular formula is C12H25N3O2. The highest BCUT2D eigenvalue weighted by Gasteiger charge is 2.32. The Balaban J connectivity index is 2.51. The zero-order valence-corrected chi connectivity index (χ0v) is 11.1. The summed E-state index contributed by atoms with van der Waals surface area (Å²) in [6, 6.07) is 0.262. The minimum atomic E-state index is -0.305. The molecule has 0 bridgehead atoms. The molecule has 4 N–H and O–H groups in total. The third kappa shape index (κ3) is 3.33. The number of likely N-dealkylation sites (tertiary alicyclic amines) is 1. The fourth-order valence-electron chi connectivity index (χ4n) is 2.35. The lowest BCUT2D eigenvalue weighted by Gasteiger charge is -2.29. The van der Waals surface area contributed by atoms with E-state index in [9.17, 15) is 5.11 Å². The van der Waals surface area contributed by atoms with Crippen molar-refractivity contribution in [2.45, 2.75) is 39.7 Å². The van der Waals surface area contributed by atoms with Crippen molar-refractivity contribution in [3.05, 3.63) is 0 Å². The van der Waals surface area contributed by atoms with Gasteiger partial charge in [0.2, 0.25) is 0 Å². The van der Waals surface area contributed by atoms with Crippen molar-refractivity contribution < 1.29 is 10.3 Å². The third-order valence-electron chi connectivity index (χ3n) is 4.01. The first-order chi connectivity index (χ1) is 7.92. The molecule has 0 aromatic rings. The Morgan fingerprint density at radius 3 is 2.71 bits per heavy atom. The maximum Gasteiger partial charge on any atom is 0.144 e. The van der Waals surface area contributed by atoms with Crippen molar-refractivity contribution in [2.75, 3.05) is 19.7 Å². The zero-order chi connectivity index (χ0) is 13.1. The maximum absolute atomic E-state index is 9.36. The van der Waals surface area contributed by atoms with Gasteiger partial charge in [-0.25, -0.2) is 0 Å². The number of oxime groups is 1. The van der Waals surface area contributed by atoms with Gasteiger partial charge in [-0.1, -0.05) is 25.9 Å². The second kappa shape index (κ2) is 5.69. The number of hydrogen-bond acceptors (Lipinski definition) is 4. The van der Waals surface area contributed by atoms with Crippen LogP contribution < -0.4 is 5.73 Å². The summed E-state index contributed by atoms with van der Waals surface area (Å²) in [7, 11) is 0. The van der Waals surface area contributed by atoms with Crippen LogP contribution >= 0.6 is 0 Å². The normalized spacial score (nSPS) is 27.6. The number of aliphatic hydroxyl groups excluding tert-OH is 1. The first-order valence-corrected chi connectivity index (χ1v) is 6.25. The van der Waals surface area contributed by atoms with Gasteiger partial charge in [-0.3, -0.25) is 4.90 Å². The van der Waals surface area contributed by atoms with Crippen molar-refractivity contribution in [2.24, 2.45) is 22.2 Å². The van der Waals surface area contributed by atoms with E-state index in [1.807, 2.05) is 13.8 Å². The smallest absolute Gasteiger partial charge is 0.144 e. The van der Waals surface area contributed by atoms with Gasteiger partial charge < -0.3 is 16.0 Å². The number of rotatable bonds is 5. The summed E-state index contributed by atoms with van der Waals surface area (Å²) >= 11 is 0. The summed E-state index contributed by atoms with van der Waals surface area (Å²) in [5.74, 6) is 0.817. The molecule has 17 heavy (non-hydrogen) atoms. The lowest BCUT2D eigenvalue weighted by molar-refractivity contribution is 0.131. The highest BCUT2D eigenvalue weighted by Crippen LogP contribution is 2.27. The maximum atomic E-state index is 9.36. The van der Waals surface area contributed by atoms with Crippen LogP contribution in [0.5, 0.6) is 0 Å². The summed E-state index contributed by atoms with van der Waals surface area (Å²) in [5.41, 5.74) is 5.36. The van der Waals surface area contributed by atoms with Crippen LogP contribution in [0, 0.1) is 11.3 Å². The molecule has 0 saturated carbocycles. The van der Waals surface area contributed by atoms with Crippen molar-refractivity contribution in [1.29, 1.82) is 0 Å². The number of nitrogens with zero attached hydrogens (tertiary/aromatic N) is 2. The highest BCUT2D eigenvalue weighted by molar-refractivity contribution is 5.85. The van der Waals surface area contributed by atoms with Gasteiger partial charge in [-0.15, -0.1) is 0 Å². The predicted molar refractivity (Wildman–Crippen MR) is 68.0 cm³/mol. The fraction of sp³-hybridized carbons (Fsp3) is 0.917. The molecule has 0 radical (unpaired) electrons. The molecule has 1 rings (SSSR count). The third-order valence-corrected chi connectivity index (χ3v) is 4.01. The number of aliphatic hydroxyl groups is 1. The monoisotopic (exact) mass is 243 g/mol. The van der Waals surface area contributed by atoms with E-state index in [1.54, 1.807) is 0 Å². The molecule has 1 heterocycles. The minimum Gasteiger partial charge on any atom is -0.409 e. The molecule has 1 saturated heterocycles. The molecule has 0 amide bonds. The molecule has 0 aliphatic carbocycles. The van der Waals surface area contributed by atoms with E-state index >= 15 is 0 Å². The van der Waals surface area contributed by atoms with Gasteiger partial charge in [-0.2, -0.15) is 0 Å². The zero-order valence-electron chi connectivity index (χ0n) is 11.1. The Morgan fingerprint density at radius 2 is 2.18 bits per heavy atom. The molecule has 0 aromatic carbocycles. The quantitative estimate of drug-likeness (QED) is 0.289. The fourth-order valence-corrected chi connectivity index (χ4v) is 2.35. The summed E-state index contributed by atoms with van der Waals surface area (Å²) in [5, 5.41) is 21.2. The Hall–Kier alpha value is -0.810. The van der Waals surface area contributed by atoms with Crippen LogP contribution in [0.3, 0.4) is 0 Å². The Bertz CT molecular complexity index is 279. The lowest BCUT2D eigenvalue weighted by Crippen LogP contribution is -2.40. The molecule has 1 aliphatic heterocycles. The SMILES string of the molecule is CC1CCN(CCC(C)(C)C(N)=NO)C1CO. The van der Waals surface area contributed by atoms with Gasteiger partial charge in [0.05, 0.1) is 6.61 Å². The van der Waals surface area contributed by atoms with E-state index in [4.69, 9.17) is 10.9 Å². The largest absolute Gasteiger partial charge is 0.409 e. The summed E-state index contributed by atoms with van der Waals surface area (Å²) < 4.78 is 0. The van der Waals surface area contributed by atoms with Gasteiger partial charge in [0, 0.05) is 11.5 Å². The molecular weight excluding hydrogens is 218 g/mol. The second-order valence-electron chi connectivity index (χ2n) is 5.67. The molecule has 2 unspecified atom stereocenters. The van der Waals surface area contributed by atoms with E-state index in [2.05, 4.69) is 17.0 Å². The molecule has 100 valence electrons. The first-order valence-electron chi connectivity index (χ1n) is 6.25. The van der Waals surface area contributed by atoms with Crippen LogP contribution in [0.1, 0.15) is 33.6 Å². The van der Waals surface area contributed by atoms with Gasteiger partial charge in [-0.05, 0) is 31.8 Å². The van der Waals surface area contributed by atoms with Crippen molar-refractivity contribution in [3.63, 3.8) is 0 Å². The molecule has 5 heteroatoms. The summed E-state index contributed by atoms with van der Waals surface area (Å²) in [6.07, 6.45) is 1.96. The lowest BCUT2D eigenvalue weighted by atomic mass is 9.87. The Kier molecular flexibility index (Phi) is 4.77. The molecule has 5 nitrogen and oxygen atoms in total. The van der Waals surface area contributed by atoms with Crippen LogP contribution in [-0.4, -0.2) is 46.8 Å². The average molecular weight is 243 g/mol. The van der Waals surface area contributed by atoms with Crippen LogP contribution in [0.4, 0.5) is 0 Å². The molecule has 1 fully saturated rings. The van der Waals surface area contributed by atoms with Crippen LogP contribution in [0.2, 0.25) is 0 Å². The Morgan fingerprint density at radius 1 is 1.53 bits per heavy atom. The summed E-state index contributed by atoms with van der Waals surface area (Å²) in [6.45, 7) is 8.23. The Labute approximate surface area is 103 Å². The van der Waals surface area contributed by atoms with Gasteiger partial charge in [0.25, 0.3) is 0 Å². The number of nitrogens with two attached hydrogens (primary N) is 1. The van der Waals surface area contributed by atoms with Gasteiger partial charge in [0.1, 0.15) is 5.84 Å². The van der Waals surface area contributed by atoms with Crippen molar-refractivity contribution in [1.82, 2.24) is 4.90 Å². The first kappa shape index (κ1) is 14.3. The van der Waals surface area contributed by atoms with Crippen molar-refractivity contribution >= 4 is 5.84 Å². The molecule has 0 aromatic heterocycles. The van der Waals surface area contributed by atoms with E-state index in [0.29, 0.717) is 5.92 Å². The van der Waals surface area contributed by atoms with E-state index in [0.717, 1.165) is 25.9 Å². The number of amidine groups is 1. The molecule has 1 aliphatic rings. The molecule has 0 spiro atoms. The highest BCUT2D eigenvalue weighted by atomic mass is 16.4. The minimum absolute atomic E-state index is 0.213. The van der Waals surface area contributed by atoms with Gasteiger partial charge >= 0.3 is 0 Å². The van der Waals surface area contributed by atoms with Crippen LogP contribution in [-0.2, 0) is 0 Å². The second-order valence-corrected chi connectivity index (χ2v) is 5.67. The number of hydrogen-bond donors (Lipinski definition) is 3. The average Bonchev–Trinajstić information content (AvgIpc) is 2.66. The van der Waals surface area contributed by atoms with Gasteiger partial charge in [0.15, 0.2) is 0 Å². The van der Waals surface area contributed by atoms with Crippen LogP contribution in [0.25, 0.3) is 0 Å². The summed E-state index contributed by atoms with van der Waals surface area (Å²) in [4.78, 5) is 2.30.